The van der Waals surface area contributed by atoms with Gasteiger partial charge in [0.15, 0.2) is 0 Å². The number of esters is 1. The maximum absolute atomic E-state index is 12.8. The van der Waals surface area contributed by atoms with Gasteiger partial charge in [-0.2, -0.15) is 0 Å². The molecule has 0 aromatic heterocycles. The fourth-order valence-electron chi connectivity index (χ4n) is 4.32. The van der Waals surface area contributed by atoms with E-state index in [0.717, 1.165) is 26.2 Å². The molecule has 2 aromatic rings. The highest BCUT2D eigenvalue weighted by Gasteiger charge is 2.35. The van der Waals surface area contributed by atoms with Crippen molar-refractivity contribution < 1.29 is 14.3 Å². The zero-order valence-electron chi connectivity index (χ0n) is 18.2. The van der Waals surface area contributed by atoms with Crippen molar-refractivity contribution in [1.82, 2.24) is 15.5 Å². The van der Waals surface area contributed by atoms with Gasteiger partial charge >= 0.3 is 12.0 Å². The lowest BCUT2D eigenvalue weighted by Gasteiger charge is -2.38. The van der Waals surface area contributed by atoms with Crippen molar-refractivity contribution >= 4 is 29.3 Å². The zero-order valence-corrected chi connectivity index (χ0v) is 19.0. The van der Waals surface area contributed by atoms with E-state index in [1.54, 1.807) is 12.1 Å². The Morgan fingerprint density at radius 3 is 2.47 bits per heavy atom. The van der Waals surface area contributed by atoms with E-state index in [4.69, 9.17) is 16.3 Å². The number of benzene rings is 2. The van der Waals surface area contributed by atoms with Gasteiger partial charge in [0, 0.05) is 49.1 Å². The standard InChI is InChI=1S/C24H27ClN4O3/c1-16-7-3-6-10-20(16)29-13-11-28(12-14-29)15-19-21(23(30)32-2)22(27-24(31)26-19)17-8-4-5-9-18(17)25/h3-10,22H,11-15H2,1-2H3,(H2,26,27,31)/t22-/m0/s1. The van der Waals surface area contributed by atoms with Crippen LogP contribution in [0.2, 0.25) is 5.02 Å². The van der Waals surface area contributed by atoms with Crippen molar-refractivity contribution in [3.8, 4) is 0 Å². The number of nitrogens with one attached hydrogen (secondary N) is 2. The maximum atomic E-state index is 12.8. The summed E-state index contributed by atoms with van der Waals surface area (Å²) in [5.41, 5.74) is 4.09. The average Bonchev–Trinajstić information content (AvgIpc) is 2.79. The third kappa shape index (κ3) is 4.59. The highest BCUT2D eigenvalue weighted by atomic mass is 35.5. The van der Waals surface area contributed by atoms with Crippen molar-refractivity contribution in [2.45, 2.75) is 13.0 Å². The second-order valence-electron chi connectivity index (χ2n) is 7.99. The van der Waals surface area contributed by atoms with Gasteiger partial charge in [-0.05, 0) is 30.2 Å². The molecule has 2 heterocycles. The van der Waals surface area contributed by atoms with Gasteiger partial charge in [-0.25, -0.2) is 9.59 Å². The Labute approximate surface area is 193 Å². The van der Waals surface area contributed by atoms with Crippen LogP contribution in [-0.2, 0) is 9.53 Å². The maximum Gasteiger partial charge on any atom is 0.338 e. The van der Waals surface area contributed by atoms with Gasteiger partial charge in [0.2, 0.25) is 0 Å². The SMILES string of the molecule is COC(=O)C1=C(CN2CCN(c3ccccc3C)CC2)NC(=O)N[C@H]1c1ccccc1Cl. The number of halogens is 1. The van der Waals surface area contributed by atoms with Crippen molar-refractivity contribution in [1.29, 1.82) is 0 Å². The molecule has 32 heavy (non-hydrogen) atoms. The molecule has 0 bridgehead atoms. The summed E-state index contributed by atoms with van der Waals surface area (Å²) < 4.78 is 5.07. The molecule has 4 rings (SSSR count). The van der Waals surface area contributed by atoms with E-state index >= 15 is 0 Å². The molecule has 1 fully saturated rings. The van der Waals surface area contributed by atoms with E-state index in [-0.39, 0.29) is 6.03 Å². The van der Waals surface area contributed by atoms with Crippen LogP contribution in [0.1, 0.15) is 17.2 Å². The normalized spacial score (nSPS) is 19.4. The Morgan fingerprint density at radius 1 is 1.09 bits per heavy atom. The number of carbonyl (C=O) groups is 2. The Kier molecular flexibility index (Phi) is 6.67. The van der Waals surface area contributed by atoms with Crippen LogP contribution in [0.5, 0.6) is 0 Å². The number of para-hydroxylation sites is 1. The van der Waals surface area contributed by atoms with Gasteiger partial charge in [-0.3, -0.25) is 4.90 Å². The molecule has 0 unspecified atom stereocenters. The number of aryl methyl sites for hydroxylation is 1. The van der Waals surface area contributed by atoms with Crippen molar-refractivity contribution in [2.24, 2.45) is 0 Å². The zero-order chi connectivity index (χ0) is 22.7. The number of anilines is 1. The van der Waals surface area contributed by atoms with E-state index < -0.39 is 12.0 Å². The van der Waals surface area contributed by atoms with E-state index in [0.29, 0.717) is 28.4 Å². The summed E-state index contributed by atoms with van der Waals surface area (Å²) in [5, 5.41) is 6.13. The summed E-state index contributed by atoms with van der Waals surface area (Å²) in [7, 11) is 1.34. The highest BCUT2D eigenvalue weighted by Crippen LogP contribution is 2.32. The van der Waals surface area contributed by atoms with Crippen molar-refractivity contribution in [3.05, 3.63) is 76.0 Å². The summed E-state index contributed by atoms with van der Waals surface area (Å²) in [5.74, 6) is -0.490. The van der Waals surface area contributed by atoms with Crippen LogP contribution in [0, 0.1) is 6.92 Å². The lowest BCUT2D eigenvalue weighted by atomic mass is 9.95. The largest absolute Gasteiger partial charge is 0.466 e. The smallest absolute Gasteiger partial charge is 0.338 e. The van der Waals surface area contributed by atoms with Crippen LogP contribution < -0.4 is 15.5 Å². The molecule has 1 atom stereocenters. The highest BCUT2D eigenvalue weighted by molar-refractivity contribution is 6.31. The number of urea groups is 1. The van der Waals surface area contributed by atoms with Crippen LogP contribution >= 0.6 is 11.6 Å². The summed E-state index contributed by atoms with van der Waals surface area (Å²) in [4.78, 5) is 29.8. The first-order valence-electron chi connectivity index (χ1n) is 10.6. The number of amides is 2. The number of ether oxygens (including phenoxy) is 1. The Bertz CT molecular complexity index is 1050. The number of rotatable bonds is 5. The van der Waals surface area contributed by atoms with Gasteiger partial charge in [-0.1, -0.05) is 48.0 Å². The molecule has 2 aromatic carbocycles. The predicted octanol–water partition coefficient (Wildman–Crippen LogP) is 3.25. The fourth-order valence-corrected chi connectivity index (χ4v) is 4.57. The summed E-state index contributed by atoms with van der Waals surface area (Å²) >= 11 is 6.38. The molecule has 1 saturated heterocycles. The average molecular weight is 455 g/mol. The van der Waals surface area contributed by atoms with Crippen molar-refractivity contribution in [2.75, 3.05) is 44.7 Å². The number of piperazine rings is 1. The van der Waals surface area contributed by atoms with Gasteiger partial charge in [0.1, 0.15) is 0 Å². The fraction of sp³-hybridized carbons (Fsp3) is 0.333. The molecule has 2 N–H and O–H groups in total. The van der Waals surface area contributed by atoms with Crippen LogP contribution in [0.25, 0.3) is 0 Å². The first kappa shape index (κ1) is 22.2. The minimum atomic E-state index is -0.673. The molecule has 0 aliphatic carbocycles. The third-order valence-corrected chi connectivity index (χ3v) is 6.33. The van der Waals surface area contributed by atoms with Gasteiger partial charge in [-0.15, -0.1) is 0 Å². The van der Waals surface area contributed by atoms with Crippen LogP contribution in [0.4, 0.5) is 10.5 Å². The van der Waals surface area contributed by atoms with E-state index in [1.165, 1.54) is 18.4 Å². The van der Waals surface area contributed by atoms with Crippen LogP contribution in [-0.4, -0.2) is 56.7 Å². The van der Waals surface area contributed by atoms with E-state index in [9.17, 15) is 9.59 Å². The first-order chi connectivity index (χ1) is 15.5. The molecule has 0 saturated carbocycles. The number of nitrogens with zero attached hydrogens (tertiary/aromatic N) is 2. The minimum Gasteiger partial charge on any atom is -0.466 e. The van der Waals surface area contributed by atoms with E-state index in [1.807, 2.05) is 18.2 Å². The molecular weight excluding hydrogens is 428 g/mol. The Hall–Kier alpha value is -3.03. The third-order valence-electron chi connectivity index (χ3n) is 5.99. The lowest BCUT2D eigenvalue weighted by molar-refractivity contribution is -0.136. The quantitative estimate of drug-likeness (QED) is 0.678. The topological polar surface area (TPSA) is 73.9 Å². The molecule has 2 amide bonds. The second kappa shape index (κ2) is 9.63. The number of hydrogen-bond acceptors (Lipinski definition) is 5. The monoisotopic (exact) mass is 454 g/mol. The molecule has 7 nitrogen and oxygen atoms in total. The van der Waals surface area contributed by atoms with Crippen LogP contribution in [0.3, 0.4) is 0 Å². The number of carbonyl (C=O) groups excluding carboxylic acids is 2. The molecule has 2 aliphatic rings. The Balaban J connectivity index is 1.56. The molecule has 2 aliphatic heterocycles. The van der Waals surface area contributed by atoms with Gasteiger partial charge < -0.3 is 20.3 Å². The summed E-state index contributed by atoms with van der Waals surface area (Å²) in [6, 6.07) is 14.5. The molecular formula is C24H27ClN4O3. The number of methoxy groups -OCH3 is 1. The molecule has 168 valence electrons. The Morgan fingerprint density at radius 2 is 1.78 bits per heavy atom. The minimum absolute atomic E-state index is 0.365. The summed E-state index contributed by atoms with van der Waals surface area (Å²) in [6.07, 6.45) is 0. The lowest BCUT2D eigenvalue weighted by Crippen LogP contribution is -2.52. The van der Waals surface area contributed by atoms with E-state index in [2.05, 4.69) is 45.6 Å². The second-order valence-corrected chi connectivity index (χ2v) is 8.39. The molecule has 0 spiro atoms. The first-order valence-corrected chi connectivity index (χ1v) is 11.0. The van der Waals surface area contributed by atoms with Crippen LogP contribution in [0.15, 0.2) is 59.8 Å². The summed E-state index contributed by atoms with van der Waals surface area (Å²) in [6.45, 7) is 5.92. The molecule has 8 heteroatoms. The molecule has 0 radical (unpaired) electrons. The predicted molar refractivity (Wildman–Crippen MR) is 125 cm³/mol. The van der Waals surface area contributed by atoms with Gasteiger partial charge in [0.05, 0.1) is 18.7 Å². The number of hydrogen-bond donors (Lipinski definition) is 2. The van der Waals surface area contributed by atoms with Crippen molar-refractivity contribution in [3.63, 3.8) is 0 Å². The van der Waals surface area contributed by atoms with Gasteiger partial charge in [0.25, 0.3) is 0 Å².